The van der Waals surface area contributed by atoms with Gasteiger partial charge >= 0.3 is 0 Å². The SMILES string of the molecule is CCCCCC(CC)c1cccc2c(F)cccc12. The first-order chi connectivity index (χ1) is 9.27. The van der Waals surface area contributed by atoms with Gasteiger partial charge in [-0.2, -0.15) is 0 Å². The standard InChI is InChI=1S/C18H23F/c1-3-5-6-9-14(4-2)15-10-7-12-17-16(15)11-8-13-18(17)19/h7-8,10-14H,3-6,9H2,1-2H3. The number of benzene rings is 2. The normalized spacial score (nSPS) is 12.8. The van der Waals surface area contributed by atoms with Crippen LogP contribution in [0.15, 0.2) is 36.4 Å². The molecule has 1 heteroatoms. The Morgan fingerprint density at radius 3 is 2.42 bits per heavy atom. The van der Waals surface area contributed by atoms with Gasteiger partial charge in [0.05, 0.1) is 0 Å². The molecule has 0 amide bonds. The van der Waals surface area contributed by atoms with Gasteiger partial charge in [-0.15, -0.1) is 0 Å². The van der Waals surface area contributed by atoms with Gasteiger partial charge in [-0.05, 0) is 35.8 Å². The van der Waals surface area contributed by atoms with Crippen molar-refractivity contribution >= 4 is 10.8 Å². The highest BCUT2D eigenvalue weighted by atomic mass is 19.1. The molecular formula is C18H23F. The van der Waals surface area contributed by atoms with Crippen LogP contribution in [0.1, 0.15) is 57.4 Å². The molecule has 0 aliphatic carbocycles. The first kappa shape index (κ1) is 14.0. The zero-order valence-electron chi connectivity index (χ0n) is 12.0. The Bertz CT molecular complexity index is 530. The van der Waals surface area contributed by atoms with E-state index < -0.39 is 0 Å². The Morgan fingerprint density at radius 1 is 0.947 bits per heavy atom. The van der Waals surface area contributed by atoms with Crippen LogP contribution in [0.2, 0.25) is 0 Å². The molecule has 0 saturated heterocycles. The zero-order valence-corrected chi connectivity index (χ0v) is 12.0. The maximum atomic E-state index is 13.8. The molecule has 0 heterocycles. The maximum Gasteiger partial charge on any atom is 0.131 e. The van der Waals surface area contributed by atoms with Gasteiger partial charge in [0.1, 0.15) is 5.82 Å². The number of rotatable bonds is 6. The van der Waals surface area contributed by atoms with Gasteiger partial charge in [0.15, 0.2) is 0 Å². The molecule has 0 aromatic heterocycles. The largest absolute Gasteiger partial charge is 0.206 e. The number of unbranched alkanes of at least 4 members (excludes halogenated alkanes) is 2. The van der Waals surface area contributed by atoms with Gasteiger partial charge in [0.2, 0.25) is 0 Å². The Labute approximate surface area is 115 Å². The molecule has 1 unspecified atom stereocenters. The van der Waals surface area contributed by atoms with E-state index in [0.29, 0.717) is 5.92 Å². The van der Waals surface area contributed by atoms with E-state index in [9.17, 15) is 4.39 Å². The third-order valence-electron chi connectivity index (χ3n) is 3.99. The molecule has 19 heavy (non-hydrogen) atoms. The second-order valence-electron chi connectivity index (χ2n) is 5.28. The van der Waals surface area contributed by atoms with Crippen LogP contribution in [0.4, 0.5) is 4.39 Å². The van der Waals surface area contributed by atoms with E-state index in [4.69, 9.17) is 0 Å². The first-order valence-electron chi connectivity index (χ1n) is 7.45. The van der Waals surface area contributed by atoms with Crippen molar-refractivity contribution in [3.8, 4) is 0 Å². The summed E-state index contributed by atoms with van der Waals surface area (Å²) in [5, 5.41) is 1.85. The molecule has 2 rings (SSSR count). The van der Waals surface area contributed by atoms with Crippen LogP contribution in [0.3, 0.4) is 0 Å². The van der Waals surface area contributed by atoms with Crippen LogP contribution < -0.4 is 0 Å². The van der Waals surface area contributed by atoms with Crippen LogP contribution in [0.25, 0.3) is 10.8 Å². The highest BCUT2D eigenvalue weighted by molar-refractivity contribution is 5.86. The predicted octanol–water partition coefficient (Wildman–Crippen LogP) is 6.05. The summed E-state index contributed by atoms with van der Waals surface area (Å²) in [6, 6.07) is 11.5. The minimum absolute atomic E-state index is 0.109. The summed E-state index contributed by atoms with van der Waals surface area (Å²) in [4.78, 5) is 0. The minimum Gasteiger partial charge on any atom is -0.206 e. The summed E-state index contributed by atoms with van der Waals surface area (Å²) in [5.41, 5.74) is 1.32. The summed E-state index contributed by atoms with van der Waals surface area (Å²) in [5.74, 6) is 0.444. The van der Waals surface area contributed by atoms with Crippen molar-refractivity contribution in [3.63, 3.8) is 0 Å². The van der Waals surface area contributed by atoms with Crippen molar-refractivity contribution < 1.29 is 4.39 Å². The van der Waals surface area contributed by atoms with Gasteiger partial charge in [-0.3, -0.25) is 0 Å². The fraction of sp³-hybridized carbons (Fsp3) is 0.444. The number of hydrogen-bond donors (Lipinski definition) is 0. The van der Waals surface area contributed by atoms with E-state index in [2.05, 4.69) is 26.0 Å². The first-order valence-corrected chi connectivity index (χ1v) is 7.45. The van der Waals surface area contributed by atoms with Gasteiger partial charge in [-0.25, -0.2) is 4.39 Å². The monoisotopic (exact) mass is 258 g/mol. The molecule has 0 aliphatic heterocycles. The second-order valence-corrected chi connectivity index (χ2v) is 5.28. The number of halogens is 1. The van der Waals surface area contributed by atoms with Crippen molar-refractivity contribution in [2.24, 2.45) is 0 Å². The number of fused-ring (bicyclic) bond motifs is 1. The topological polar surface area (TPSA) is 0 Å². The predicted molar refractivity (Wildman–Crippen MR) is 81.1 cm³/mol. The van der Waals surface area contributed by atoms with Crippen LogP contribution in [0.5, 0.6) is 0 Å². The number of hydrogen-bond acceptors (Lipinski definition) is 0. The molecule has 2 aromatic carbocycles. The van der Waals surface area contributed by atoms with Crippen molar-refractivity contribution in [2.75, 3.05) is 0 Å². The summed E-state index contributed by atoms with van der Waals surface area (Å²) in [6.07, 6.45) is 6.14. The smallest absolute Gasteiger partial charge is 0.131 e. The molecule has 2 aromatic rings. The van der Waals surface area contributed by atoms with E-state index in [1.54, 1.807) is 6.07 Å². The molecule has 0 bridgehead atoms. The van der Waals surface area contributed by atoms with E-state index in [1.807, 2.05) is 18.2 Å². The average molecular weight is 258 g/mol. The van der Waals surface area contributed by atoms with E-state index >= 15 is 0 Å². The van der Waals surface area contributed by atoms with Gasteiger partial charge in [0, 0.05) is 5.39 Å². The maximum absolute atomic E-state index is 13.8. The molecule has 0 saturated carbocycles. The van der Waals surface area contributed by atoms with E-state index in [-0.39, 0.29) is 5.82 Å². The fourth-order valence-corrected chi connectivity index (χ4v) is 2.87. The van der Waals surface area contributed by atoms with Gasteiger partial charge in [-0.1, -0.05) is 63.4 Å². The van der Waals surface area contributed by atoms with Crippen LogP contribution in [-0.4, -0.2) is 0 Å². The van der Waals surface area contributed by atoms with Crippen molar-refractivity contribution in [1.82, 2.24) is 0 Å². The van der Waals surface area contributed by atoms with E-state index in [0.717, 1.165) is 17.2 Å². The Balaban J connectivity index is 2.34. The van der Waals surface area contributed by atoms with Crippen LogP contribution in [0, 0.1) is 5.82 Å². The average Bonchev–Trinajstić information content (AvgIpc) is 2.44. The lowest BCUT2D eigenvalue weighted by Crippen LogP contribution is -1.99. The molecule has 102 valence electrons. The molecule has 0 nitrogen and oxygen atoms in total. The highest BCUT2D eigenvalue weighted by Gasteiger charge is 2.13. The van der Waals surface area contributed by atoms with Crippen molar-refractivity contribution in [1.29, 1.82) is 0 Å². The zero-order chi connectivity index (χ0) is 13.7. The lowest BCUT2D eigenvalue weighted by atomic mass is 9.87. The lowest BCUT2D eigenvalue weighted by Gasteiger charge is -2.17. The van der Waals surface area contributed by atoms with Crippen molar-refractivity contribution in [3.05, 3.63) is 47.8 Å². The molecule has 0 fully saturated rings. The van der Waals surface area contributed by atoms with Crippen LogP contribution in [-0.2, 0) is 0 Å². The fourth-order valence-electron chi connectivity index (χ4n) is 2.87. The Hall–Kier alpha value is -1.37. The summed E-state index contributed by atoms with van der Waals surface area (Å²) < 4.78 is 13.8. The lowest BCUT2D eigenvalue weighted by molar-refractivity contribution is 0.556. The second kappa shape index (κ2) is 6.70. The molecule has 0 N–H and O–H groups in total. The summed E-state index contributed by atoms with van der Waals surface area (Å²) >= 11 is 0. The van der Waals surface area contributed by atoms with Crippen LogP contribution >= 0.6 is 0 Å². The Morgan fingerprint density at radius 2 is 1.68 bits per heavy atom. The van der Waals surface area contributed by atoms with Gasteiger partial charge in [0.25, 0.3) is 0 Å². The molecule has 0 aliphatic rings. The Kier molecular flexibility index (Phi) is 4.95. The van der Waals surface area contributed by atoms with E-state index in [1.165, 1.54) is 31.2 Å². The van der Waals surface area contributed by atoms with Gasteiger partial charge < -0.3 is 0 Å². The molecule has 0 radical (unpaired) electrons. The summed E-state index contributed by atoms with van der Waals surface area (Å²) in [7, 11) is 0. The minimum atomic E-state index is -0.109. The summed E-state index contributed by atoms with van der Waals surface area (Å²) in [6.45, 7) is 4.46. The van der Waals surface area contributed by atoms with Crippen molar-refractivity contribution in [2.45, 2.75) is 51.9 Å². The third-order valence-corrected chi connectivity index (χ3v) is 3.99. The highest BCUT2D eigenvalue weighted by Crippen LogP contribution is 2.32. The molecule has 1 atom stereocenters. The third kappa shape index (κ3) is 3.15. The quantitative estimate of drug-likeness (QED) is 0.553. The molecule has 0 spiro atoms. The molecular weight excluding hydrogens is 235 g/mol.